The first-order valence-electron chi connectivity index (χ1n) is 7.80. The molecule has 0 aliphatic carbocycles. The Morgan fingerprint density at radius 1 is 1.17 bits per heavy atom. The highest BCUT2D eigenvalue weighted by molar-refractivity contribution is 5.88. The molecule has 1 atom stereocenters. The molecular formula is C17H22N2O4. The molecule has 1 heterocycles. The molecule has 2 rings (SSSR count). The lowest BCUT2D eigenvalue weighted by molar-refractivity contribution is -0.158. The molecule has 6 nitrogen and oxygen atoms in total. The second-order valence-electron chi connectivity index (χ2n) is 5.72. The first-order valence-corrected chi connectivity index (χ1v) is 7.80. The summed E-state index contributed by atoms with van der Waals surface area (Å²) in [4.78, 5) is 36.7. The molecule has 1 saturated heterocycles. The number of amides is 2. The Morgan fingerprint density at radius 3 is 2.35 bits per heavy atom. The van der Waals surface area contributed by atoms with Crippen LogP contribution in [-0.4, -0.2) is 41.9 Å². The summed E-state index contributed by atoms with van der Waals surface area (Å²) in [6.45, 7) is 4.53. The topological polar surface area (TPSA) is 75.7 Å². The Hall–Kier alpha value is -2.37. The van der Waals surface area contributed by atoms with E-state index in [2.05, 4.69) is 5.32 Å². The maximum absolute atomic E-state index is 12.1. The Kier molecular flexibility index (Phi) is 5.73. The van der Waals surface area contributed by atoms with E-state index >= 15 is 0 Å². The fourth-order valence-electron chi connectivity index (χ4n) is 2.56. The Morgan fingerprint density at radius 2 is 1.78 bits per heavy atom. The van der Waals surface area contributed by atoms with Crippen molar-refractivity contribution in [2.75, 3.05) is 18.4 Å². The number of ether oxygens (including phenoxy) is 1. The van der Waals surface area contributed by atoms with Crippen LogP contribution < -0.4 is 5.32 Å². The van der Waals surface area contributed by atoms with Crippen LogP contribution in [0.2, 0.25) is 0 Å². The number of anilines is 1. The van der Waals surface area contributed by atoms with Gasteiger partial charge in [-0.15, -0.1) is 0 Å². The van der Waals surface area contributed by atoms with Crippen LogP contribution in [0, 0.1) is 0 Å². The predicted molar refractivity (Wildman–Crippen MR) is 85.8 cm³/mol. The van der Waals surface area contributed by atoms with E-state index in [0.717, 1.165) is 31.5 Å². The molecule has 124 valence electrons. The number of carbonyl (C=O) groups is 3. The summed E-state index contributed by atoms with van der Waals surface area (Å²) in [5.74, 6) is -0.708. The minimum Gasteiger partial charge on any atom is -0.452 e. The van der Waals surface area contributed by atoms with Crippen LogP contribution >= 0.6 is 0 Å². The number of hydrogen-bond donors (Lipinski definition) is 1. The molecular weight excluding hydrogens is 296 g/mol. The van der Waals surface area contributed by atoms with E-state index in [1.807, 2.05) is 0 Å². The van der Waals surface area contributed by atoms with Gasteiger partial charge >= 0.3 is 5.97 Å². The number of carbonyl (C=O) groups excluding carboxylic acids is 3. The van der Waals surface area contributed by atoms with Crippen molar-refractivity contribution in [3.63, 3.8) is 0 Å². The number of benzene rings is 1. The molecule has 1 N–H and O–H groups in total. The summed E-state index contributed by atoms with van der Waals surface area (Å²) in [7, 11) is 0. The lowest BCUT2D eigenvalue weighted by Crippen LogP contribution is -2.38. The predicted octanol–water partition coefficient (Wildman–Crippen LogP) is 1.74. The largest absolute Gasteiger partial charge is 0.452 e. The standard InChI is InChI=1S/C17H22N2O4/c1-12(17(22)19-9-3-4-10-19)23-16(21)11-14-5-7-15(8-6-14)18-13(2)20/h5-8,12H,3-4,9-11H2,1-2H3,(H,18,20)/t12-/m1/s1. The van der Waals surface area contributed by atoms with E-state index < -0.39 is 12.1 Å². The second-order valence-corrected chi connectivity index (χ2v) is 5.72. The highest BCUT2D eigenvalue weighted by atomic mass is 16.5. The van der Waals surface area contributed by atoms with Gasteiger partial charge in [0.05, 0.1) is 6.42 Å². The van der Waals surface area contributed by atoms with Crippen LogP contribution in [0.4, 0.5) is 5.69 Å². The third kappa shape index (κ3) is 5.09. The number of likely N-dealkylation sites (tertiary alicyclic amines) is 1. The van der Waals surface area contributed by atoms with Gasteiger partial charge in [-0.25, -0.2) is 0 Å². The van der Waals surface area contributed by atoms with Gasteiger partial charge in [0.15, 0.2) is 6.10 Å². The molecule has 6 heteroatoms. The summed E-state index contributed by atoms with van der Waals surface area (Å²) >= 11 is 0. The summed E-state index contributed by atoms with van der Waals surface area (Å²) in [6.07, 6.45) is 1.36. The van der Waals surface area contributed by atoms with Crippen molar-refractivity contribution in [2.24, 2.45) is 0 Å². The third-order valence-electron chi connectivity index (χ3n) is 3.70. The van der Waals surface area contributed by atoms with Crippen molar-refractivity contribution in [2.45, 2.75) is 39.2 Å². The molecule has 0 aromatic heterocycles. The summed E-state index contributed by atoms with van der Waals surface area (Å²) in [5.41, 5.74) is 1.44. The molecule has 23 heavy (non-hydrogen) atoms. The van der Waals surface area contributed by atoms with Crippen molar-refractivity contribution >= 4 is 23.5 Å². The van der Waals surface area contributed by atoms with Gasteiger partial charge in [0, 0.05) is 25.7 Å². The van der Waals surface area contributed by atoms with E-state index in [4.69, 9.17) is 4.74 Å². The average molecular weight is 318 g/mol. The fraction of sp³-hybridized carbons (Fsp3) is 0.471. The molecule has 1 fully saturated rings. The van der Waals surface area contributed by atoms with E-state index in [0.29, 0.717) is 5.69 Å². The summed E-state index contributed by atoms with van der Waals surface area (Å²) < 4.78 is 5.22. The number of nitrogens with one attached hydrogen (secondary N) is 1. The van der Waals surface area contributed by atoms with Gasteiger partial charge in [-0.3, -0.25) is 14.4 Å². The minimum atomic E-state index is -0.751. The normalized spacial score (nSPS) is 15.1. The van der Waals surface area contributed by atoms with Crippen molar-refractivity contribution < 1.29 is 19.1 Å². The zero-order valence-corrected chi connectivity index (χ0v) is 13.5. The Labute approximate surface area is 135 Å². The van der Waals surface area contributed by atoms with E-state index in [9.17, 15) is 14.4 Å². The first kappa shape index (κ1) is 17.0. The molecule has 0 bridgehead atoms. The van der Waals surface area contributed by atoms with Crippen LogP contribution in [-0.2, 0) is 25.5 Å². The molecule has 0 saturated carbocycles. The third-order valence-corrected chi connectivity index (χ3v) is 3.70. The molecule has 1 aromatic carbocycles. The van der Waals surface area contributed by atoms with Gasteiger partial charge in [0.1, 0.15) is 0 Å². The quantitative estimate of drug-likeness (QED) is 0.839. The van der Waals surface area contributed by atoms with E-state index in [-0.39, 0.29) is 18.2 Å². The maximum Gasteiger partial charge on any atom is 0.311 e. The van der Waals surface area contributed by atoms with Crippen molar-refractivity contribution in [1.82, 2.24) is 4.90 Å². The molecule has 0 spiro atoms. The van der Waals surface area contributed by atoms with Crippen LogP contribution in [0.3, 0.4) is 0 Å². The van der Waals surface area contributed by atoms with E-state index in [1.54, 1.807) is 36.1 Å². The molecule has 2 amide bonds. The number of rotatable bonds is 5. The van der Waals surface area contributed by atoms with Gasteiger partial charge in [0.2, 0.25) is 5.91 Å². The highest BCUT2D eigenvalue weighted by Gasteiger charge is 2.25. The van der Waals surface area contributed by atoms with Gasteiger partial charge < -0.3 is 15.0 Å². The zero-order valence-electron chi connectivity index (χ0n) is 13.5. The van der Waals surface area contributed by atoms with Gasteiger partial charge in [-0.05, 0) is 37.5 Å². The van der Waals surface area contributed by atoms with Crippen molar-refractivity contribution in [1.29, 1.82) is 0 Å². The monoisotopic (exact) mass is 318 g/mol. The first-order chi connectivity index (χ1) is 11.0. The summed E-state index contributed by atoms with van der Waals surface area (Å²) in [5, 5.41) is 2.66. The average Bonchev–Trinajstić information content (AvgIpc) is 3.02. The molecule has 1 aliphatic rings. The maximum atomic E-state index is 12.1. The molecule has 0 radical (unpaired) electrons. The number of hydrogen-bond acceptors (Lipinski definition) is 4. The Bertz CT molecular complexity index is 577. The van der Waals surface area contributed by atoms with Gasteiger partial charge in [0.25, 0.3) is 5.91 Å². The van der Waals surface area contributed by atoms with Gasteiger partial charge in [-0.2, -0.15) is 0 Å². The van der Waals surface area contributed by atoms with Crippen LogP contribution in [0.15, 0.2) is 24.3 Å². The zero-order chi connectivity index (χ0) is 16.8. The van der Waals surface area contributed by atoms with Crippen molar-refractivity contribution in [3.8, 4) is 0 Å². The SMILES string of the molecule is CC(=O)Nc1ccc(CC(=O)O[C@H](C)C(=O)N2CCCC2)cc1. The molecule has 1 aromatic rings. The van der Waals surface area contributed by atoms with Crippen LogP contribution in [0.1, 0.15) is 32.3 Å². The highest BCUT2D eigenvalue weighted by Crippen LogP contribution is 2.13. The lowest BCUT2D eigenvalue weighted by Gasteiger charge is -2.20. The number of esters is 1. The minimum absolute atomic E-state index is 0.0952. The van der Waals surface area contributed by atoms with Crippen LogP contribution in [0.5, 0.6) is 0 Å². The lowest BCUT2D eigenvalue weighted by atomic mass is 10.1. The van der Waals surface area contributed by atoms with E-state index in [1.165, 1.54) is 6.92 Å². The van der Waals surface area contributed by atoms with Crippen LogP contribution in [0.25, 0.3) is 0 Å². The molecule has 1 aliphatic heterocycles. The smallest absolute Gasteiger partial charge is 0.311 e. The summed E-state index contributed by atoms with van der Waals surface area (Å²) in [6, 6.07) is 6.95. The molecule has 0 unspecified atom stereocenters. The fourth-order valence-corrected chi connectivity index (χ4v) is 2.56. The Balaban J connectivity index is 1.83. The van der Waals surface area contributed by atoms with Crippen molar-refractivity contribution in [3.05, 3.63) is 29.8 Å². The number of nitrogens with zero attached hydrogens (tertiary/aromatic N) is 1. The van der Waals surface area contributed by atoms with Gasteiger partial charge in [-0.1, -0.05) is 12.1 Å². The second kappa shape index (κ2) is 7.76.